The highest BCUT2D eigenvalue weighted by Crippen LogP contribution is 2.14. The number of rotatable bonds is 8. The summed E-state index contributed by atoms with van der Waals surface area (Å²) in [6.45, 7) is 7.97. The first kappa shape index (κ1) is 14.2. The van der Waals surface area contributed by atoms with Crippen molar-refractivity contribution in [1.29, 1.82) is 0 Å². The lowest BCUT2D eigenvalue weighted by Crippen LogP contribution is -2.35. The van der Waals surface area contributed by atoms with Crippen LogP contribution in [0.15, 0.2) is 24.5 Å². The van der Waals surface area contributed by atoms with Crippen molar-refractivity contribution in [3.63, 3.8) is 0 Å². The third-order valence-corrected chi connectivity index (χ3v) is 3.45. The SMILES string of the molecule is CCCNC(CCc1cccnc1)C(C)CC. The van der Waals surface area contributed by atoms with E-state index in [0.29, 0.717) is 6.04 Å². The molecule has 0 aliphatic rings. The number of aryl methyl sites for hydroxylation is 1. The maximum Gasteiger partial charge on any atom is 0.0299 e. The molecule has 0 aliphatic carbocycles. The van der Waals surface area contributed by atoms with Crippen LogP contribution in [-0.2, 0) is 6.42 Å². The van der Waals surface area contributed by atoms with Crippen LogP contribution in [-0.4, -0.2) is 17.6 Å². The van der Waals surface area contributed by atoms with E-state index < -0.39 is 0 Å². The maximum atomic E-state index is 4.17. The van der Waals surface area contributed by atoms with Gasteiger partial charge >= 0.3 is 0 Å². The second-order valence-corrected chi connectivity index (χ2v) is 4.85. The van der Waals surface area contributed by atoms with Crippen LogP contribution in [0.3, 0.4) is 0 Å². The smallest absolute Gasteiger partial charge is 0.0299 e. The predicted molar refractivity (Wildman–Crippen MR) is 74.1 cm³/mol. The van der Waals surface area contributed by atoms with Gasteiger partial charge in [-0.2, -0.15) is 0 Å². The van der Waals surface area contributed by atoms with Gasteiger partial charge in [-0.3, -0.25) is 4.98 Å². The minimum Gasteiger partial charge on any atom is -0.314 e. The van der Waals surface area contributed by atoms with Crippen molar-refractivity contribution in [3.8, 4) is 0 Å². The Kier molecular flexibility index (Phi) is 6.87. The van der Waals surface area contributed by atoms with Gasteiger partial charge in [-0.25, -0.2) is 0 Å². The fourth-order valence-electron chi connectivity index (χ4n) is 2.07. The number of nitrogens with zero attached hydrogens (tertiary/aromatic N) is 1. The van der Waals surface area contributed by atoms with E-state index >= 15 is 0 Å². The van der Waals surface area contributed by atoms with Gasteiger partial charge in [-0.05, 0) is 43.4 Å². The molecule has 2 heteroatoms. The van der Waals surface area contributed by atoms with E-state index in [2.05, 4.69) is 37.1 Å². The lowest BCUT2D eigenvalue weighted by Gasteiger charge is -2.24. The van der Waals surface area contributed by atoms with Crippen LogP contribution in [0, 0.1) is 5.92 Å². The van der Waals surface area contributed by atoms with E-state index in [1.807, 2.05) is 18.5 Å². The topological polar surface area (TPSA) is 24.9 Å². The van der Waals surface area contributed by atoms with Crippen LogP contribution in [0.5, 0.6) is 0 Å². The molecule has 1 rings (SSSR count). The van der Waals surface area contributed by atoms with Crippen molar-refractivity contribution in [2.75, 3.05) is 6.54 Å². The Morgan fingerprint density at radius 3 is 2.76 bits per heavy atom. The monoisotopic (exact) mass is 234 g/mol. The molecule has 0 amide bonds. The van der Waals surface area contributed by atoms with Gasteiger partial charge in [0.15, 0.2) is 0 Å². The Balaban J connectivity index is 2.43. The first-order chi connectivity index (χ1) is 8.27. The van der Waals surface area contributed by atoms with Gasteiger partial charge in [0, 0.05) is 18.4 Å². The van der Waals surface area contributed by atoms with Crippen LogP contribution in [0.2, 0.25) is 0 Å². The molecule has 1 heterocycles. The van der Waals surface area contributed by atoms with Gasteiger partial charge in [-0.15, -0.1) is 0 Å². The van der Waals surface area contributed by atoms with Crippen LogP contribution >= 0.6 is 0 Å². The quantitative estimate of drug-likeness (QED) is 0.745. The molecule has 0 saturated carbocycles. The molecule has 0 radical (unpaired) electrons. The zero-order chi connectivity index (χ0) is 12.5. The Morgan fingerprint density at radius 2 is 2.18 bits per heavy atom. The molecule has 2 nitrogen and oxygen atoms in total. The van der Waals surface area contributed by atoms with Crippen molar-refractivity contribution in [2.45, 2.75) is 52.5 Å². The predicted octanol–water partition coefficient (Wildman–Crippen LogP) is 3.43. The molecule has 96 valence electrons. The molecule has 0 fully saturated rings. The molecular formula is C15H26N2. The highest BCUT2D eigenvalue weighted by Gasteiger charge is 2.14. The molecule has 17 heavy (non-hydrogen) atoms. The van der Waals surface area contributed by atoms with E-state index in [1.54, 1.807) is 0 Å². The molecule has 1 aromatic heterocycles. The van der Waals surface area contributed by atoms with Gasteiger partial charge in [0.25, 0.3) is 0 Å². The zero-order valence-corrected chi connectivity index (χ0v) is 11.4. The first-order valence-corrected chi connectivity index (χ1v) is 6.90. The fourth-order valence-corrected chi connectivity index (χ4v) is 2.07. The summed E-state index contributed by atoms with van der Waals surface area (Å²) in [5, 5.41) is 3.67. The maximum absolute atomic E-state index is 4.17. The lowest BCUT2D eigenvalue weighted by atomic mass is 9.93. The summed E-state index contributed by atoms with van der Waals surface area (Å²) in [5.74, 6) is 0.748. The van der Waals surface area contributed by atoms with Crippen molar-refractivity contribution in [1.82, 2.24) is 10.3 Å². The van der Waals surface area contributed by atoms with Gasteiger partial charge in [0.1, 0.15) is 0 Å². The second-order valence-electron chi connectivity index (χ2n) is 4.85. The standard InChI is InChI=1S/C15H26N2/c1-4-10-17-15(13(3)5-2)9-8-14-7-6-11-16-12-14/h6-7,11-13,15,17H,4-5,8-10H2,1-3H3. The lowest BCUT2D eigenvalue weighted by molar-refractivity contribution is 0.348. The number of pyridine rings is 1. The molecule has 0 spiro atoms. The summed E-state index contributed by atoms with van der Waals surface area (Å²) in [6.07, 6.45) is 8.60. The van der Waals surface area contributed by atoms with Crippen molar-refractivity contribution < 1.29 is 0 Å². The number of aromatic nitrogens is 1. The summed E-state index contributed by atoms with van der Waals surface area (Å²) < 4.78 is 0. The van der Waals surface area contributed by atoms with Gasteiger partial charge < -0.3 is 5.32 Å². The van der Waals surface area contributed by atoms with E-state index in [0.717, 1.165) is 18.9 Å². The summed E-state index contributed by atoms with van der Waals surface area (Å²) in [4.78, 5) is 4.17. The average Bonchev–Trinajstić information content (AvgIpc) is 2.39. The summed E-state index contributed by atoms with van der Waals surface area (Å²) >= 11 is 0. The van der Waals surface area contributed by atoms with Crippen LogP contribution < -0.4 is 5.32 Å². The Morgan fingerprint density at radius 1 is 1.35 bits per heavy atom. The molecule has 0 bridgehead atoms. The average molecular weight is 234 g/mol. The van der Waals surface area contributed by atoms with E-state index in [-0.39, 0.29) is 0 Å². The number of hydrogen-bond acceptors (Lipinski definition) is 2. The van der Waals surface area contributed by atoms with Gasteiger partial charge in [0.05, 0.1) is 0 Å². The minimum absolute atomic E-state index is 0.639. The van der Waals surface area contributed by atoms with E-state index in [4.69, 9.17) is 0 Å². The highest BCUT2D eigenvalue weighted by molar-refractivity contribution is 5.08. The Labute approximate surface area is 106 Å². The van der Waals surface area contributed by atoms with Crippen LogP contribution in [0.25, 0.3) is 0 Å². The molecular weight excluding hydrogens is 208 g/mol. The van der Waals surface area contributed by atoms with Crippen LogP contribution in [0.4, 0.5) is 0 Å². The Hall–Kier alpha value is -0.890. The first-order valence-electron chi connectivity index (χ1n) is 6.90. The summed E-state index contributed by atoms with van der Waals surface area (Å²) in [7, 11) is 0. The molecule has 2 atom stereocenters. The number of hydrogen-bond donors (Lipinski definition) is 1. The largest absolute Gasteiger partial charge is 0.314 e. The molecule has 0 aromatic carbocycles. The molecule has 1 aromatic rings. The minimum atomic E-state index is 0.639. The van der Waals surface area contributed by atoms with Crippen molar-refractivity contribution in [2.24, 2.45) is 5.92 Å². The fraction of sp³-hybridized carbons (Fsp3) is 0.667. The third-order valence-electron chi connectivity index (χ3n) is 3.45. The zero-order valence-electron chi connectivity index (χ0n) is 11.4. The van der Waals surface area contributed by atoms with Crippen LogP contribution in [0.1, 0.15) is 45.6 Å². The van der Waals surface area contributed by atoms with Gasteiger partial charge in [-0.1, -0.05) is 33.3 Å². The molecule has 2 unspecified atom stereocenters. The molecule has 0 aliphatic heterocycles. The second kappa shape index (κ2) is 8.24. The number of nitrogens with one attached hydrogen (secondary N) is 1. The molecule has 0 saturated heterocycles. The van der Waals surface area contributed by atoms with E-state index in [1.165, 1.54) is 24.8 Å². The van der Waals surface area contributed by atoms with Gasteiger partial charge in [0.2, 0.25) is 0 Å². The Bertz CT molecular complexity index is 284. The molecule has 1 N–H and O–H groups in total. The van der Waals surface area contributed by atoms with Crippen molar-refractivity contribution >= 4 is 0 Å². The summed E-state index contributed by atoms with van der Waals surface area (Å²) in [6, 6.07) is 4.83. The highest BCUT2D eigenvalue weighted by atomic mass is 14.9. The van der Waals surface area contributed by atoms with E-state index in [9.17, 15) is 0 Å². The van der Waals surface area contributed by atoms with Crippen molar-refractivity contribution in [3.05, 3.63) is 30.1 Å². The normalized spacial score (nSPS) is 14.5. The summed E-state index contributed by atoms with van der Waals surface area (Å²) in [5.41, 5.74) is 1.35. The third kappa shape index (κ3) is 5.31.